The number of pyridine rings is 1. The zero-order valence-corrected chi connectivity index (χ0v) is 13.5. The second-order valence-electron chi connectivity index (χ2n) is 4.74. The molecule has 0 saturated heterocycles. The molecule has 2 aromatic rings. The molecule has 5 heteroatoms. The smallest absolute Gasteiger partial charge is 0.251 e. The van der Waals surface area contributed by atoms with Crippen molar-refractivity contribution in [1.82, 2.24) is 10.3 Å². The van der Waals surface area contributed by atoms with Gasteiger partial charge in [-0.15, -0.1) is 11.3 Å². The molecule has 0 aliphatic carbocycles. The summed E-state index contributed by atoms with van der Waals surface area (Å²) in [5, 5.41) is 8.06. The summed E-state index contributed by atoms with van der Waals surface area (Å²) in [5.41, 5.74) is 2.87. The van der Waals surface area contributed by atoms with Gasteiger partial charge in [-0.05, 0) is 42.0 Å². The molecule has 0 radical (unpaired) electrons. The number of hydrogen-bond donors (Lipinski definition) is 2. The van der Waals surface area contributed by atoms with Crippen LogP contribution in [0.1, 0.15) is 40.3 Å². The van der Waals surface area contributed by atoms with Crippen LogP contribution in [-0.4, -0.2) is 17.9 Å². The van der Waals surface area contributed by atoms with E-state index in [4.69, 9.17) is 0 Å². The van der Waals surface area contributed by atoms with E-state index in [1.807, 2.05) is 20.0 Å². The molecule has 0 aromatic carbocycles. The van der Waals surface area contributed by atoms with Crippen LogP contribution in [0.25, 0.3) is 0 Å². The number of nitrogens with zero attached hydrogens (tertiary/aromatic N) is 1. The van der Waals surface area contributed by atoms with Crippen LogP contribution in [0.4, 0.5) is 5.82 Å². The average molecular weight is 303 g/mol. The quantitative estimate of drug-likeness (QED) is 0.861. The zero-order chi connectivity index (χ0) is 15.2. The number of carbonyl (C=O) groups excluding carboxylic acids is 1. The van der Waals surface area contributed by atoms with Crippen LogP contribution < -0.4 is 10.6 Å². The van der Waals surface area contributed by atoms with Crippen LogP contribution >= 0.6 is 11.3 Å². The SMILES string of the molecule is CCc1cc(C(=O)NCc2sccc2CC)cc(NC)n1. The number of amides is 1. The summed E-state index contributed by atoms with van der Waals surface area (Å²) in [5.74, 6) is 0.670. The molecule has 1 amide bonds. The van der Waals surface area contributed by atoms with Gasteiger partial charge in [-0.1, -0.05) is 13.8 Å². The molecule has 2 rings (SSSR count). The van der Waals surface area contributed by atoms with Crippen molar-refractivity contribution in [2.45, 2.75) is 33.2 Å². The van der Waals surface area contributed by atoms with Gasteiger partial charge in [-0.25, -0.2) is 4.98 Å². The molecule has 0 spiro atoms. The lowest BCUT2D eigenvalue weighted by Gasteiger charge is -2.09. The van der Waals surface area contributed by atoms with Gasteiger partial charge in [-0.3, -0.25) is 4.79 Å². The van der Waals surface area contributed by atoms with Gasteiger partial charge in [0.2, 0.25) is 0 Å². The van der Waals surface area contributed by atoms with Gasteiger partial charge in [0, 0.05) is 23.2 Å². The fraction of sp³-hybridized carbons (Fsp3) is 0.375. The van der Waals surface area contributed by atoms with E-state index < -0.39 is 0 Å². The van der Waals surface area contributed by atoms with Gasteiger partial charge < -0.3 is 10.6 Å². The Morgan fingerprint density at radius 2 is 2.10 bits per heavy atom. The number of carbonyl (C=O) groups is 1. The summed E-state index contributed by atoms with van der Waals surface area (Å²) in [7, 11) is 1.81. The van der Waals surface area contributed by atoms with Crippen LogP contribution in [0.2, 0.25) is 0 Å². The largest absolute Gasteiger partial charge is 0.373 e. The third-order valence-electron chi connectivity index (χ3n) is 3.39. The Labute approximate surface area is 129 Å². The van der Waals surface area contributed by atoms with Gasteiger partial charge in [0.25, 0.3) is 5.91 Å². The molecule has 2 aromatic heterocycles. The maximum absolute atomic E-state index is 12.3. The Morgan fingerprint density at radius 3 is 2.76 bits per heavy atom. The lowest BCUT2D eigenvalue weighted by Crippen LogP contribution is -2.23. The van der Waals surface area contributed by atoms with E-state index in [1.54, 1.807) is 17.4 Å². The van der Waals surface area contributed by atoms with Gasteiger partial charge in [0.05, 0.1) is 6.54 Å². The van der Waals surface area contributed by atoms with E-state index in [1.165, 1.54) is 10.4 Å². The number of thiophene rings is 1. The molecule has 0 bridgehead atoms. The van der Waals surface area contributed by atoms with Crippen LogP contribution in [0.15, 0.2) is 23.6 Å². The Hall–Kier alpha value is -1.88. The highest BCUT2D eigenvalue weighted by Crippen LogP contribution is 2.17. The van der Waals surface area contributed by atoms with Crippen LogP contribution in [0.3, 0.4) is 0 Å². The Bertz CT molecular complexity index is 599. The first-order valence-corrected chi connectivity index (χ1v) is 8.08. The Kier molecular flexibility index (Phi) is 5.33. The number of rotatable bonds is 6. The molecular formula is C16H21N3OS. The van der Waals surface area contributed by atoms with Crippen molar-refractivity contribution in [1.29, 1.82) is 0 Å². The summed E-state index contributed by atoms with van der Waals surface area (Å²) in [6, 6.07) is 5.75. The lowest BCUT2D eigenvalue weighted by atomic mass is 10.1. The average Bonchev–Trinajstić information content (AvgIpc) is 2.99. The molecule has 0 saturated carbocycles. The second-order valence-corrected chi connectivity index (χ2v) is 5.74. The standard InChI is InChI=1S/C16H21N3OS/c1-4-11-6-7-21-14(11)10-18-16(20)12-8-13(5-2)19-15(9-12)17-3/h6-9H,4-5,10H2,1-3H3,(H,17,19)(H,18,20). The molecule has 112 valence electrons. The monoisotopic (exact) mass is 303 g/mol. The van der Waals surface area contributed by atoms with Gasteiger partial charge in [-0.2, -0.15) is 0 Å². The Morgan fingerprint density at radius 1 is 1.29 bits per heavy atom. The van der Waals surface area contributed by atoms with E-state index in [0.29, 0.717) is 12.1 Å². The molecular weight excluding hydrogens is 282 g/mol. The van der Waals surface area contributed by atoms with Gasteiger partial charge in [0.15, 0.2) is 0 Å². The van der Waals surface area contributed by atoms with Crippen molar-refractivity contribution >= 4 is 23.1 Å². The van der Waals surface area contributed by atoms with Crippen molar-refractivity contribution in [2.24, 2.45) is 0 Å². The minimum absolute atomic E-state index is 0.0564. The number of aryl methyl sites for hydroxylation is 2. The molecule has 2 N–H and O–H groups in total. The highest BCUT2D eigenvalue weighted by molar-refractivity contribution is 7.10. The summed E-state index contributed by atoms with van der Waals surface area (Å²) in [4.78, 5) is 17.9. The van der Waals surface area contributed by atoms with E-state index >= 15 is 0 Å². The molecule has 2 heterocycles. The third-order valence-corrected chi connectivity index (χ3v) is 4.35. The maximum atomic E-state index is 12.3. The van der Waals surface area contributed by atoms with Crippen molar-refractivity contribution in [3.63, 3.8) is 0 Å². The van der Waals surface area contributed by atoms with E-state index in [-0.39, 0.29) is 5.91 Å². The van der Waals surface area contributed by atoms with Gasteiger partial charge >= 0.3 is 0 Å². The summed E-state index contributed by atoms with van der Waals surface area (Å²) < 4.78 is 0. The normalized spacial score (nSPS) is 10.4. The third kappa shape index (κ3) is 3.82. The maximum Gasteiger partial charge on any atom is 0.251 e. The predicted molar refractivity (Wildman–Crippen MR) is 88.0 cm³/mol. The van der Waals surface area contributed by atoms with Crippen molar-refractivity contribution in [3.05, 3.63) is 45.3 Å². The van der Waals surface area contributed by atoms with E-state index in [0.717, 1.165) is 24.4 Å². The first-order chi connectivity index (χ1) is 10.2. The summed E-state index contributed by atoms with van der Waals surface area (Å²) in [6.45, 7) is 4.74. The molecule has 0 atom stereocenters. The number of hydrogen-bond acceptors (Lipinski definition) is 4. The summed E-state index contributed by atoms with van der Waals surface area (Å²) >= 11 is 1.69. The highest BCUT2D eigenvalue weighted by atomic mass is 32.1. The van der Waals surface area contributed by atoms with E-state index in [9.17, 15) is 4.79 Å². The molecule has 4 nitrogen and oxygen atoms in total. The fourth-order valence-electron chi connectivity index (χ4n) is 2.13. The predicted octanol–water partition coefficient (Wildman–Crippen LogP) is 3.24. The van der Waals surface area contributed by atoms with Crippen LogP contribution in [-0.2, 0) is 19.4 Å². The number of aromatic nitrogens is 1. The molecule has 0 aliphatic heterocycles. The molecule has 0 fully saturated rings. The highest BCUT2D eigenvalue weighted by Gasteiger charge is 2.10. The van der Waals surface area contributed by atoms with Crippen molar-refractivity contribution in [3.8, 4) is 0 Å². The Balaban J connectivity index is 2.09. The number of anilines is 1. The fourth-order valence-corrected chi connectivity index (χ4v) is 3.04. The lowest BCUT2D eigenvalue weighted by molar-refractivity contribution is 0.0951. The number of nitrogens with one attached hydrogen (secondary N) is 2. The molecule has 0 aliphatic rings. The second kappa shape index (κ2) is 7.22. The molecule has 0 unspecified atom stereocenters. The molecule has 21 heavy (non-hydrogen) atoms. The van der Waals surface area contributed by atoms with E-state index in [2.05, 4.69) is 34.0 Å². The summed E-state index contributed by atoms with van der Waals surface area (Å²) in [6.07, 6.45) is 1.80. The van der Waals surface area contributed by atoms with Crippen molar-refractivity contribution < 1.29 is 4.79 Å². The van der Waals surface area contributed by atoms with Crippen LogP contribution in [0, 0.1) is 0 Å². The minimum atomic E-state index is -0.0564. The zero-order valence-electron chi connectivity index (χ0n) is 12.7. The van der Waals surface area contributed by atoms with Crippen molar-refractivity contribution in [2.75, 3.05) is 12.4 Å². The van der Waals surface area contributed by atoms with Crippen LogP contribution in [0.5, 0.6) is 0 Å². The topological polar surface area (TPSA) is 54.0 Å². The first-order valence-electron chi connectivity index (χ1n) is 7.20. The van der Waals surface area contributed by atoms with Gasteiger partial charge in [0.1, 0.15) is 5.82 Å². The first kappa shape index (κ1) is 15.5. The minimum Gasteiger partial charge on any atom is -0.373 e.